The van der Waals surface area contributed by atoms with Crippen LogP contribution < -0.4 is 10.1 Å². The molecule has 1 unspecified atom stereocenters. The standard InChI is InChI=1S/C12H13N3O3/c13-7-9-3-1-5-11(12(9)15(16)17)18-10-4-2-6-14-8-10/h1,3,5,10,14H,2,4,6,8H2. The van der Waals surface area contributed by atoms with Crippen LogP contribution in [0, 0.1) is 21.4 Å². The Balaban J connectivity index is 2.26. The molecular weight excluding hydrogens is 234 g/mol. The summed E-state index contributed by atoms with van der Waals surface area (Å²) < 4.78 is 5.63. The molecule has 6 nitrogen and oxygen atoms in total. The molecule has 94 valence electrons. The van der Waals surface area contributed by atoms with Crippen molar-refractivity contribution in [2.75, 3.05) is 13.1 Å². The lowest BCUT2D eigenvalue weighted by molar-refractivity contribution is -0.386. The molecule has 1 aromatic carbocycles. The zero-order valence-corrected chi connectivity index (χ0v) is 9.76. The van der Waals surface area contributed by atoms with E-state index in [9.17, 15) is 10.1 Å². The van der Waals surface area contributed by atoms with Crippen LogP contribution in [0.1, 0.15) is 18.4 Å². The van der Waals surface area contributed by atoms with Crippen molar-refractivity contribution in [2.24, 2.45) is 0 Å². The Kier molecular flexibility index (Phi) is 3.75. The number of nitro benzene ring substituents is 1. The van der Waals surface area contributed by atoms with E-state index in [1.165, 1.54) is 12.1 Å². The van der Waals surface area contributed by atoms with Crippen LogP contribution in [0.25, 0.3) is 0 Å². The number of nitrogens with zero attached hydrogens (tertiary/aromatic N) is 2. The lowest BCUT2D eigenvalue weighted by Gasteiger charge is -2.23. The van der Waals surface area contributed by atoms with E-state index in [0.717, 1.165) is 19.4 Å². The first-order valence-electron chi connectivity index (χ1n) is 5.77. The molecule has 1 aromatic rings. The van der Waals surface area contributed by atoms with Gasteiger partial charge in [-0.05, 0) is 31.5 Å². The van der Waals surface area contributed by atoms with E-state index in [1.54, 1.807) is 6.07 Å². The number of ether oxygens (including phenoxy) is 1. The molecule has 1 aliphatic heterocycles. The van der Waals surface area contributed by atoms with Gasteiger partial charge in [-0.25, -0.2) is 0 Å². The van der Waals surface area contributed by atoms with Crippen LogP contribution in [0.15, 0.2) is 18.2 Å². The van der Waals surface area contributed by atoms with Crippen molar-refractivity contribution < 1.29 is 9.66 Å². The quantitative estimate of drug-likeness (QED) is 0.647. The van der Waals surface area contributed by atoms with Gasteiger partial charge in [-0.15, -0.1) is 0 Å². The van der Waals surface area contributed by atoms with Gasteiger partial charge in [-0.2, -0.15) is 5.26 Å². The maximum Gasteiger partial charge on any atom is 0.328 e. The Labute approximate surface area is 104 Å². The lowest BCUT2D eigenvalue weighted by Crippen LogP contribution is -2.37. The number of para-hydroxylation sites is 1. The number of nitro groups is 1. The predicted molar refractivity (Wildman–Crippen MR) is 64.3 cm³/mol. The summed E-state index contributed by atoms with van der Waals surface area (Å²) in [6, 6.07) is 6.37. The second kappa shape index (κ2) is 5.47. The zero-order valence-electron chi connectivity index (χ0n) is 9.76. The summed E-state index contributed by atoms with van der Waals surface area (Å²) in [6.45, 7) is 1.62. The van der Waals surface area contributed by atoms with E-state index in [4.69, 9.17) is 10.00 Å². The Morgan fingerprint density at radius 2 is 2.39 bits per heavy atom. The summed E-state index contributed by atoms with van der Waals surface area (Å²) in [6.07, 6.45) is 1.77. The van der Waals surface area contributed by atoms with E-state index in [0.29, 0.717) is 6.54 Å². The Morgan fingerprint density at radius 3 is 3.00 bits per heavy atom. The molecule has 0 aliphatic carbocycles. The van der Waals surface area contributed by atoms with Gasteiger partial charge in [0.05, 0.1) is 4.92 Å². The largest absolute Gasteiger partial charge is 0.482 e. The first-order chi connectivity index (χ1) is 8.72. The maximum atomic E-state index is 11.0. The first kappa shape index (κ1) is 12.3. The molecule has 6 heteroatoms. The van der Waals surface area contributed by atoms with Crippen molar-refractivity contribution in [1.29, 1.82) is 5.26 Å². The van der Waals surface area contributed by atoms with E-state index in [2.05, 4.69) is 5.32 Å². The molecule has 1 N–H and O–H groups in total. The van der Waals surface area contributed by atoms with Gasteiger partial charge in [0, 0.05) is 6.54 Å². The molecule has 1 atom stereocenters. The molecule has 1 fully saturated rings. The summed E-state index contributed by atoms with van der Waals surface area (Å²) in [5, 5.41) is 23.0. The minimum atomic E-state index is -0.565. The van der Waals surface area contributed by atoms with Gasteiger partial charge >= 0.3 is 5.69 Å². The van der Waals surface area contributed by atoms with Crippen molar-refractivity contribution in [1.82, 2.24) is 5.32 Å². The monoisotopic (exact) mass is 247 g/mol. The second-order valence-electron chi connectivity index (χ2n) is 4.11. The highest BCUT2D eigenvalue weighted by atomic mass is 16.6. The smallest absolute Gasteiger partial charge is 0.328 e. The minimum absolute atomic E-state index is 0.0290. The fourth-order valence-corrected chi connectivity index (χ4v) is 2.00. The summed E-state index contributed by atoms with van der Waals surface area (Å²) >= 11 is 0. The number of piperidine rings is 1. The molecule has 1 heterocycles. The third-order valence-corrected chi connectivity index (χ3v) is 2.85. The summed E-state index contributed by atoms with van der Waals surface area (Å²) in [4.78, 5) is 10.4. The molecule has 0 radical (unpaired) electrons. The van der Waals surface area contributed by atoms with Gasteiger partial charge in [0.25, 0.3) is 0 Å². The van der Waals surface area contributed by atoms with Crippen LogP contribution in [0.2, 0.25) is 0 Å². The molecular formula is C12H13N3O3. The SMILES string of the molecule is N#Cc1cccc(OC2CCCNC2)c1[N+](=O)[O-]. The van der Waals surface area contributed by atoms with Crippen molar-refractivity contribution >= 4 is 5.69 Å². The van der Waals surface area contributed by atoms with Crippen LogP contribution in [0.5, 0.6) is 5.75 Å². The van der Waals surface area contributed by atoms with Crippen molar-refractivity contribution in [3.8, 4) is 11.8 Å². The average Bonchev–Trinajstić information content (AvgIpc) is 2.39. The summed E-state index contributed by atoms with van der Waals surface area (Å²) in [5.41, 5.74) is -0.216. The van der Waals surface area contributed by atoms with Crippen LogP contribution in [-0.4, -0.2) is 24.1 Å². The van der Waals surface area contributed by atoms with Crippen molar-refractivity contribution in [3.05, 3.63) is 33.9 Å². The van der Waals surface area contributed by atoms with Gasteiger partial charge in [0.15, 0.2) is 5.75 Å². The van der Waals surface area contributed by atoms with Crippen LogP contribution >= 0.6 is 0 Å². The zero-order chi connectivity index (χ0) is 13.0. The van der Waals surface area contributed by atoms with Crippen LogP contribution in [0.4, 0.5) is 5.69 Å². The Bertz CT molecular complexity index is 490. The number of rotatable bonds is 3. The average molecular weight is 247 g/mol. The van der Waals surface area contributed by atoms with Crippen molar-refractivity contribution in [3.63, 3.8) is 0 Å². The second-order valence-corrected chi connectivity index (χ2v) is 4.11. The number of benzene rings is 1. The molecule has 0 amide bonds. The number of hydrogen-bond donors (Lipinski definition) is 1. The molecule has 0 aromatic heterocycles. The fraction of sp³-hybridized carbons (Fsp3) is 0.417. The Morgan fingerprint density at radius 1 is 1.56 bits per heavy atom. The van der Waals surface area contributed by atoms with Crippen molar-refractivity contribution in [2.45, 2.75) is 18.9 Å². The topological polar surface area (TPSA) is 88.2 Å². The number of nitriles is 1. The van der Waals surface area contributed by atoms with Crippen LogP contribution in [0.3, 0.4) is 0 Å². The van der Waals surface area contributed by atoms with Crippen LogP contribution in [-0.2, 0) is 0 Å². The van der Waals surface area contributed by atoms with Gasteiger partial charge in [0.1, 0.15) is 17.7 Å². The van der Waals surface area contributed by atoms with Gasteiger partial charge in [0.2, 0.25) is 0 Å². The third-order valence-electron chi connectivity index (χ3n) is 2.85. The molecule has 1 saturated heterocycles. The van der Waals surface area contributed by atoms with Gasteiger partial charge < -0.3 is 10.1 Å². The molecule has 1 aliphatic rings. The molecule has 0 bridgehead atoms. The molecule has 2 rings (SSSR count). The molecule has 18 heavy (non-hydrogen) atoms. The van der Waals surface area contributed by atoms with E-state index in [-0.39, 0.29) is 23.1 Å². The highest BCUT2D eigenvalue weighted by molar-refractivity contribution is 5.58. The fourth-order valence-electron chi connectivity index (χ4n) is 2.00. The third kappa shape index (κ3) is 2.57. The molecule has 0 saturated carbocycles. The minimum Gasteiger partial charge on any atom is -0.482 e. The number of hydrogen-bond acceptors (Lipinski definition) is 5. The van der Waals surface area contributed by atoms with E-state index < -0.39 is 4.92 Å². The lowest BCUT2D eigenvalue weighted by atomic mass is 10.1. The van der Waals surface area contributed by atoms with Gasteiger partial charge in [-0.1, -0.05) is 6.07 Å². The number of nitrogens with one attached hydrogen (secondary N) is 1. The first-order valence-corrected chi connectivity index (χ1v) is 5.77. The normalized spacial score (nSPS) is 18.9. The van der Waals surface area contributed by atoms with E-state index in [1.807, 2.05) is 6.07 Å². The van der Waals surface area contributed by atoms with E-state index >= 15 is 0 Å². The summed E-state index contributed by atoms with van der Waals surface area (Å²) in [7, 11) is 0. The summed E-state index contributed by atoms with van der Waals surface area (Å²) in [5.74, 6) is 0.174. The molecule has 0 spiro atoms. The van der Waals surface area contributed by atoms with Gasteiger partial charge in [-0.3, -0.25) is 10.1 Å². The Hall–Kier alpha value is -2.13. The highest BCUT2D eigenvalue weighted by Crippen LogP contribution is 2.31. The predicted octanol–water partition coefficient (Wildman–Crippen LogP) is 1.60. The maximum absolute atomic E-state index is 11.0. The highest BCUT2D eigenvalue weighted by Gasteiger charge is 2.24.